The van der Waals surface area contributed by atoms with Crippen molar-refractivity contribution in [2.45, 2.75) is 12.8 Å². The van der Waals surface area contributed by atoms with Crippen LogP contribution >= 0.6 is 0 Å². The number of rotatable bonds is 4. The van der Waals surface area contributed by atoms with Gasteiger partial charge >= 0.3 is 0 Å². The lowest BCUT2D eigenvalue weighted by atomic mass is 9.80. The van der Waals surface area contributed by atoms with Crippen molar-refractivity contribution in [2.24, 2.45) is 0 Å². The molecule has 2 unspecified atom stereocenters. The third-order valence-electron chi connectivity index (χ3n) is 8.07. The van der Waals surface area contributed by atoms with Crippen LogP contribution in [0.25, 0.3) is 82.4 Å². The number of furan rings is 1. The lowest BCUT2D eigenvalue weighted by Crippen LogP contribution is -1.96. The molecule has 0 spiro atoms. The number of allylic oxidation sites excluding steroid dienone is 4. The molecule has 0 aliphatic heterocycles. The molecule has 9 rings (SSSR count). The second kappa shape index (κ2) is 10.5. The van der Waals surface area contributed by atoms with Gasteiger partial charge in [0.15, 0.2) is 0 Å². The zero-order valence-corrected chi connectivity index (χ0v) is 23.4. The zero-order chi connectivity index (χ0) is 44.5. The first-order valence-corrected chi connectivity index (χ1v) is 14.2. The summed E-state index contributed by atoms with van der Waals surface area (Å²) in [6.07, 6.45) is -3.13. The molecule has 0 fully saturated rings. The number of benzene rings is 7. The van der Waals surface area contributed by atoms with Crippen LogP contribution in [0.4, 0.5) is 0 Å². The highest BCUT2D eigenvalue weighted by Crippen LogP contribution is 2.50. The molecule has 212 valence electrons. The van der Waals surface area contributed by atoms with Crippen LogP contribution in [0.5, 0.6) is 0 Å². The molecule has 8 aromatic rings. The fraction of sp³-hybridized carbons (Fsp3) is 0.0455. The molecule has 0 amide bonds. The van der Waals surface area contributed by atoms with Gasteiger partial charge in [-0.3, -0.25) is 0 Å². The maximum Gasteiger partial charge on any atom is 0.136 e. The largest absolute Gasteiger partial charge is 0.456 e. The van der Waals surface area contributed by atoms with Gasteiger partial charge in [-0.2, -0.15) is 0 Å². The van der Waals surface area contributed by atoms with Crippen LogP contribution in [0.15, 0.2) is 162 Å². The zero-order valence-electron chi connectivity index (χ0n) is 40.4. The average molecular weight is 592 g/mol. The van der Waals surface area contributed by atoms with Gasteiger partial charge < -0.3 is 4.42 Å². The number of fused-ring (bicyclic) bond motifs is 5. The van der Waals surface area contributed by atoms with Crippen molar-refractivity contribution in [3.8, 4) is 33.4 Å². The number of hydrogen-bond acceptors (Lipinski definition) is 1. The Labute approximate surface area is 286 Å². The molecule has 1 heteroatoms. The maximum absolute atomic E-state index is 9.63. The van der Waals surface area contributed by atoms with E-state index in [9.17, 15) is 5.48 Å². The van der Waals surface area contributed by atoms with E-state index in [2.05, 4.69) is 0 Å². The lowest BCUT2D eigenvalue weighted by molar-refractivity contribution is 0.669. The second-order valence-corrected chi connectivity index (χ2v) is 10.5. The summed E-state index contributed by atoms with van der Waals surface area (Å²) in [5.41, 5.74) is 0.242. The SMILES string of the molecule is [2H]C1=C([2H])C([2H])C([2H])C(c2ccccc2-c2c3c([2H])c([2H])c([2H])c([2H])c3c(-c3c(-c4c([2H])c([2H])cc([2H])c4[2H])ccc4oc5ccccc5c34)c3c([2H])c([2H])c([2H])c([2H])c23)=C1[2H]. The van der Waals surface area contributed by atoms with Crippen molar-refractivity contribution in [3.05, 3.63) is 163 Å². The van der Waals surface area contributed by atoms with Crippen molar-refractivity contribution >= 4 is 49.1 Å². The van der Waals surface area contributed by atoms with Crippen molar-refractivity contribution in [3.63, 3.8) is 0 Å². The summed E-state index contributed by atoms with van der Waals surface area (Å²) < 4.78 is 159. The van der Waals surface area contributed by atoms with E-state index in [1.807, 2.05) is 0 Å². The molecule has 1 nitrogen and oxygen atoms in total. The molecular formula is C44H30O. The fourth-order valence-corrected chi connectivity index (χ4v) is 6.25. The predicted octanol–water partition coefficient (Wildman–Crippen LogP) is 12.6. The van der Waals surface area contributed by atoms with E-state index in [-0.39, 0.29) is 83.7 Å². The summed E-state index contributed by atoms with van der Waals surface area (Å²) in [6, 6.07) is 8.56. The highest BCUT2D eigenvalue weighted by molar-refractivity contribution is 6.28. The van der Waals surface area contributed by atoms with Crippen molar-refractivity contribution < 1.29 is 27.7 Å². The summed E-state index contributed by atoms with van der Waals surface area (Å²) in [5, 5.41) is -0.164. The molecule has 0 bridgehead atoms. The highest BCUT2D eigenvalue weighted by atomic mass is 16.3. The Kier molecular flexibility index (Phi) is 3.26. The molecule has 2 atom stereocenters. The molecule has 1 aromatic heterocycles. The summed E-state index contributed by atoms with van der Waals surface area (Å²) in [7, 11) is 0. The summed E-state index contributed by atoms with van der Waals surface area (Å²) >= 11 is 0. The third kappa shape index (κ3) is 4.08. The molecular weight excluding hydrogens is 544 g/mol. The van der Waals surface area contributed by atoms with E-state index in [4.69, 9.17) is 22.2 Å². The maximum atomic E-state index is 9.63. The lowest BCUT2D eigenvalue weighted by Gasteiger charge is -2.22. The molecule has 45 heavy (non-hydrogen) atoms. The molecule has 1 heterocycles. The first kappa shape index (κ1) is 14.0. The van der Waals surface area contributed by atoms with Crippen molar-refractivity contribution in [1.29, 1.82) is 0 Å². The molecule has 1 aliphatic rings. The summed E-state index contributed by atoms with van der Waals surface area (Å²) in [5.74, 6) is 0. The van der Waals surface area contributed by atoms with Gasteiger partial charge in [-0.05, 0) is 85.4 Å². The van der Waals surface area contributed by atoms with Crippen LogP contribution in [0.3, 0.4) is 0 Å². The topological polar surface area (TPSA) is 13.1 Å². The van der Waals surface area contributed by atoms with E-state index in [0.717, 1.165) is 6.07 Å². The molecule has 1 aliphatic carbocycles. The van der Waals surface area contributed by atoms with Crippen LogP contribution in [-0.4, -0.2) is 0 Å². The first-order valence-electron chi connectivity index (χ1n) is 22.9. The van der Waals surface area contributed by atoms with Crippen LogP contribution in [0, 0.1) is 0 Å². The van der Waals surface area contributed by atoms with E-state index in [0.29, 0.717) is 16.4 Å². The Morgan fingerprint density at radius 3 is 1.96 bits per heavy atom. The van der Waals surface area contributed by atoms with E-state index >= 15 is 0 Å². The molecule has 0 N–H and O–H groups in total. The average Bonchev–Trinajstić information content (AvgIpc) is 3.65. The van der Waals surface area contributed by atoms with Gasteiger partial charge in [0.05, 0.1) is 20.6 Å². The minimum absolute atomic E-state index is 0.0444. The van der Waals surface area contributed by atoms with Crippen LogP contribution in [-0.2, 0) is 0 Å². The quantitative estimate of drug-likeness (QED) is 0.186. The minimum Gasteiger partial charge on any atom is -0.456 e. The predicted molar refractivity (Wildman–Crippen MR) is 191 cm³/mol. The van der Waals surface area contributed by atoms with E-state index in [1.54, 1.807) is 42.5 Å². The van der Waals surface area contributed by atoms with E-state index < -0.39 is 91.4 Å². The minimum atomic E-state index is -1.57. The molecule has 0 saturated heterocycles. The Hall–Kier alpha value is -5.66. The van der Waals surface area contributed by atoms with Crippen LogP contribution in [0.2, 0.25) is 0 Å². The molecule has 0 radical (unpaired) electrons. The number of para-hydroxylation sites is 1. The second-order valence-electron chi connectivity index (χ2n) is 10.5. The smallest absolute Gasteiger partial charge is 0.136 e. The highest BCUT2D eigenvalue weighted by Gasteiger charge is 2.24. The third-order valence-corrected chi connectivity index (χ3v) is 8.07. The number of hydrogen-bond donors (Lipinski definition) is 0. The van der Waals surface area contributed by atoms with Crippen LogP contribution < -0.4 is 0 Å². The van der Waals surface area contributed by atoms with Gasteiger partial charge in [-0.25, -0.2) is 0 Å². The van der Waals surface area contributed by atoms with E-state index in [1.165, 1.54) is 18.2 Å². The molecule has 0 saturated carbocycles. The van der Waals surface area contributed by atoms with Crippen molar-refractivity contribution in [2.75, 3.05) is 0 Å². The van der Waals surface area contributed by atoms with Gasteiger partial charge in [-0.15, -0.1) is 0 Å². The standard InChI is InChI=1S/C44H30O/c1-3-15-29(16-4-1)31-19-7-8-20-33(31)41-34-21-9-11-23-36(34)42(37-24-12-10-22-35(37)41)44-32(30-17-5-2-6-18-30)27-28-40-43(44)38-25-13-14-26-39(38)45-40/h1-3,5-15,17-28H,4,16H2/i1D,3D,4D,5D,6D,9D,10D,11D,12D,15D,16D,17D,18D,21D,22D,23D,24D. The van der Waals surface area contributed by atoms with Gasteiger partial charge in [0, 0.05) is 19.1 Å². The Bertz CT molecular complexity index is 3290. The summed E-state index contributed by atoms with van der Waals surface area (Å²) in [6.45, 7) is 0. The van der Waals surface area contributed by atoms with Gasteiger partial charge in [0.2, 0.25) is 0 Å². The van der Waals surface area contributed by atoms with Gasteiger partial charge in [-0.1, -0.05) is 145 Å². The monoisotopic (exact) mass is 591 g/mol. The van der Waals surface area contributed by atoms with Gasteiger partial charge in [0.25, 0.3) is 0 Å². The fourth-order valence-electron chi connectivity index (χ4n) is 6.25. The molecule has 7 aromatic carbocycles. The normalized spacial score (nSPS) is 22.4. The summed E-state index contributed by atoms with van der Waals surface area (Å²) in [4.78, 5) is 0. The Balaban J connectivity index is 1.63. The Morgan fingerprint density at radius 1 is 0.533 bits per heavy atom. The first-order chi connectivity index (χ1) is 29.4. The van der Waals surface area contributed by atoms with Crippen LogP contribution in [0.1, 0.15) is 41.7 Å². The van der Waals surface area contributed by atoms with Gasteiger partial charge in [0.1, 0.15) is 11.2 Å². The Morgan fingerprint density at radius 2 is 1.20 bits per heavy atom. The van der Waals surface area contributed by atoms with Crippen molar-refractivity contribution in [1.82, 2.24) is 0 Å².